The third-order valence-electron chi connectivity index (χ3n) is 4.97. The molecule has 2 heterocycles. The predicted molar refractivity (Wildman–Crippen MR) is 121 cm³/mol. The summed E-state index contributed by atoms with van der Waals surface area (Å²) in [6.07, 6.45) is 1.50. The number of carbonyl (C=O) groups is 2. The van der Waals surface area contributed by atoms with Gasteiger partial charge in [-0.1, -0.05) is 30.3 Å². The molecule has 2 aromatic heterocycles. The fourth-order valence-electron chi connectivity index (χ4n) is 3.32. The molecule has 4 rings (SSSR count). The summed E-state index contributed by atoms with van der Waals surface area (Å²) in [7, 11) is 0. The number of nitro benzene ring substituents is 1. The summed E-state index contributed by atoms with van der Waals surface area (Å²) in [5.74, 6) is -2.51. The van der Waals surface area contributed by atoms with E-state index in [9.17, 15) is 24.1 Å². The molecule has 10 nitrogen and oxygen atoms in total. The summed E-state index contributed by atoms with van der Waals surface area (Å²) in [5, 5.41) is 17.7. The number of aromatic nitrogens is 3. The van der Waals surface area contributed by atoms with Crippen LogP contribution in [-0.4, -0.2) is 38.2 Å². The lowest BCUT2D eigenvalue weighted by molar-refractivity contribution is -0.384. The van der Waals surface area contributed by atoms with Crippen LogP contribution in [0.3, 0.4) is 0 Å². The molecule has 0 aliphatic rings. The highest BCUT2D eigenvalue weighted by Crippen LogP contribution is 2.26. The Morgan fingerprint density at radius 3 is 2.65 bits per heavy atom. The normalized spacial score (nSPS) is 10.8. The van der Waals surface area contributed by atoms with Gasteiger partial charge in [-0.15, -0.1) is 0 Å². The number of nitrogens with one attached hydrogen (secondary N) is 1. The van der Waals surface area contributed by atoms with Crippen LogP contribution in [0.4, 0.5) is 15.8 Å². The lowest BCUT2D eigenvalue weighted by Crippen LogP contribution is -2.21. The second-order valence-electron chi connectivity index (χ2n) is 7.16. The number of esters is 1. The Balaban J connectivity index is 1.56. The van der Waals surface area contributed by atoms with Crippen molar-refractivity contribution >= 4 is 34.3 Å². The van der Waals surface area contributed by atoms with Crippen LogP contribution in [0.1, 0.15) is 17.3 Å². The maximum atomic E-state index is 13.9. The number of amides is 1. The predicted octanol–water partition coefficient (Wildman–Crippen LogP) is 3.96. The molecule has 2 aromatic carbocycles. The first kappa shape index (κ1) is 22.5. The minimum atomic E-state index is -0.861. The van der Waals surface area contributed by atoms with Crippen LogP contribution in [0.15, 0.2) is 60.8 Å². The van der Waals surface area contributed by atoms with Gasteiger partial charge in [0.1, 0.15) is 5.82 Å². The number of non-ortho nitro benzene ring substituents is 1. The Bertz CT molecular complexity index is 1400. The number of ether oxygens (including phenoxy) is 1. The quantitative estimate of drug-likeness (QED) is 0.249. The molecular weight excluding hydrogens is 445 g/mol. The molecule has 0 aliphatic carbocycles. The van der Waals surface area contributed by atoms with E-state index in [0.717, 1.165) is 23.8 Å². The Hall–Kier alpha value is -4.67. The largest absolute Gasteiger partial charge is 0.452 e. The zero-order valence-corrected chi connectivity index (χ0v) is 17.9. The van der Waals surface area contributed by atoms with Gasteiger partial charge in [-0.2, -0.15) is 5.10 Å². The molecule has 0 saturated heterocycles. The van der Waals surface area contributed by atoms with Gasteiger partial charge in [0, 0.05) is 24.2 Å². The first-order valence-electron chi connectivity index (χ1n) is 10.2. The molecule has 0 atom stereocenters. The number of fused-ring (bicyclic) bond motifs is 1. The molecule has 4 aromatic rings. The van der Waals surface area contributed by atoms with E-state index in [1.54, 1.807) is 10.7 Å². The number of carbonyl (C=O) groups excluding carboxylic acids is 2. The summed E-state index contributed by atoms with van der Waals surface area (Å²) >= 11 is 0. The highest BCUT2D eigenvalue weighted by atomic mass is 19.1. The molecule has 1 amide bonds. The summed E-state index contributed by atoms with van der Waals surface area (Å²) in [5.41, 5.74) is 1.17. The molecule has 1 N–H and O–H groups in total. The van der Waals surface area contributed by atoms with Crippen molar-refractivity contribution in [1.82, 2.24) is 14.8 Å². The monoisotopic (exact) mass is 463 g/mol. The standard InChI is InChI=1S/C23H18FN5O5/c1-2-28-22-17(12-25-28)16(11-19(27-22)14-6-4-3-5-7-14)23(31)34-13-21(30)26-20-10-15(29(32)33)8-9-18(20)24/h3-12H,2,13H2,1H3,(H,26,30). The van der Waals surface area contributed by atoms with E-state index in [2.05, 4.69) is 15.4 Å². The topological polar surface area (TPSA) is 129 Å². The van der Waals surface area contributed by atoms with Crippen LogP contribution in [0, 0.1) is 15.9 Å². The number of nitro groups is 1. The van der Waals surface area contributed by atoms with E-state index in [-0.39, 0.29) is 5.56 Å². The number of hydrogen-bond acceptors (Lipinski definition) is 7. The van der Waals surface area contributed by atoms with Crippen LogP contribution in [0.2, 0.25) is 0 Å². The Labute approximate surface area is 192 Å². The van der Waals surface area contributed by atoms with Gasteiger partial charge < -0.3 is 10.1 Å². The molecule has 0 unspecified atom stereocenters. The second-order valence-corrected chi connectivity index (χ2v) is 7.16. The van der Waals surface area contributed by atoms with Crippen molar-refractivity contribution in [3.8, 4) is 11.3 Å². The summed E-state index contributed by atoms with van der Waals surface area (Å²) < 4.78 is 20.7. The summed E-state index contributed by atoms with van der Waals surface area (Å²) in [4.78, 5) is 39.9. The average molecular weight is 463 g/mol. The number of aryl methyl sites for hydroxylation is 1. The zero-order valence-electron chi connectivity index (χ0n) is 17.9. The van der Waals surface area contributed by atoms with E-state index >= 15 is 0 Å². The smallest absolute Gasteiger partial charge is 0.339 e. The van der Waals surface area contributed by atoms with E-state index in [1.165, 1.54) is 6.20 Å². The fourth-order valence-corrected chi connectivity index (χ4v) is 3.32. The number of pyridine rings is 1. The molecule has 0 bridgehead atoms. The highest BCUT2D eigenvalue weighted by Gasteiger charge is 2.20. The number of benzene rings is 2. The van der Waals surface area contributed by atoms with E-state index < -0.39 is 40.6 Å². The molecule has 0 spiro atoms. The maximum absolute atomic E-state index is 13.9. The molecule has 172 valence electrons. The van der Waals surface area contributed by atoms with Crippen LogP contribution >= 0.6 is 0 Å². The fraction of sp³-hybridized carbons (Fsp3) is 0.130. The highest BCUT2D eigenvalue weighted by molar-refractivity contribution is 6.04. The first-order valence-corrected chi connectivity index (χ1v) is 10.2. The first-order chi connectivity index (χ1) is 16.4. The average Bonchev–Trinajstić information content (AvgIpc) is 3.26. The molecule has 0 fully saturated rings. The van der Waals surface area contributed by atoms with Gasteiger partial charge in [-0.05, 0) is 19.1 Å². The SMILES string of the molecule is CCn1ncc2c(C(=O)OCC(=O)Nc3cc([N+](=O)[O-])ccc3F)cc(-c3ccccc3)nc21. The molecule has 0 saturated carbocycles. The second kappa shape index (κ2) is 9.45. The molecule has 11 heteroatoms. The molecular formula is C23H18FN5O5. The van der Waals surface area contributed by atoms with Crippen LogP contribution in [0.5, 0.6) is 0 Å². The third kappa shape index (κ3) is 4.58. The van der Waals surface area contributed by atoms with E-state index in [1.807, 2.05) is 37.3 Å². The number of halogens is 1. The lowest BCUT2D eigenvalue weighted by Gasteiger charge is -2.10. The van der Waals surface area contributed by atoms with E-state index in [0.29, 0.717) is 23.3 Å². The maximum Gasteiger partial charge on any atom is 0.339 e. The molecule has 0 aliphatic heterocycles. The van der Waals surface area contributed by atoms with Gasteiger partial charge in [-0.3, -0.25) is 14.9 Å². The minimum Gasteiger partial charge on any atom is -0.452 e. The van der Waals surface area contributed by atoms with Crippen LogP contribution in [0.25, 0.3) is 22.3 Å². The van der Waals surface area contributed by atoms with Crippen molar-refractivity contribution in [1.29, 1.82) is 0 Å². The van der Waals surface area contributed by atoms with Crippen molar-refractivity contribution in [3.05, 3.63) is 82.3 Å². The number of hydrogen-bond donors (Lipinski definition) is 1. The van der Waals surface area contributed by atoms with Gasteiger partial charge >= 0.3 is 5.97 Å². The van der Waals surface area contributed by atoms with Crippen molar-refractivity contribution in [2.24, 2.45) is 0 Å². The van der Waals surface area contributed by atoms with Gasteiger partial charge in [0.25, 0.3) is 11.6 Å². The Morgan fingerprint density at radius 2 is 1.94 bits per heavy atom. The van der Waals surface area contributed by atoms with Crippen LogP contribution in [-0.2, 0) is 16.1 Å². The van der Waals surface area contributed by atoms with Gasteiger partial charge in [0.15, 0.2) is 12.3 Å². The number of nitrogens with zero attached hydrogens (tertiary/aromatic N) is 4. The number of anilines is 1. The van der Waals surface area contributed by atoms with Crippen molar-refractivity contribution in [3.63, 3.8) is 0 Å². The minimum absolute atomic E-state index is 0.165. The van der Waals surface area contributed by atoms with Crippen molar-refractivity contribution in [2.75, 3.05) is 11.9 Å². The van der Waals surface area contributed by atoms with Gasteiger partial charge in [0.05, 0.1) is 33.5 Å². The Morgan fingerprint density at radius 1 is 1.18 bits per heavy atom. The summed E-state index contributed by atoms with van der Waals surface area (Å²) in [6.45, 7) is 1.69. The van der Waals surface area contributed by atoms with Crippen molar-refractivity contribution in [2.45, 2.75) is 13.5 Å². The lowest BCUT2D eigenvalue weighted by atomic mass is 10.1. The number of rotatable bonds is 7. The van der Waals surface area contributed by atoms with Gasteiger partial charge in [-0.25, -0.2) is 18.9 Å². The Kier molecular flexibility index (Phi) is 6.26. The van der Waals surface area contributed by atoms with E-state index in [4.69, 9.17) is 4.74 Å². The molecule has 0 radical (unpaired) electrons. The van der Waals surface area contributed by atoms with Crippen LogP contribution < -0.4 is 5.32 Å². The third-order valence-corrected chi connectivity index (χ3v) is 4.97. The summed E-state index contributed by atoms with van der Waals surface area (Å²) in [6, 6.07) is 13.5. The zero-order chi connectivity index (χ0) is 24.2. The van der Waals surface area contributed by atoms with Gasteiger partial charge in [0.2, 0.25) is 0 Å². The molecule has 34 heavy (non-hydrogen) atoms. The van der Waals surface area contributed by atoms with Crippen molar-refractivity contribution < 1.29 is 23.6 Å².